The standard InChI is InChI=1S/C19H23ClN2O3S/c1-12-8-14(3)19(15(4)9-12)26(24,25)22(5)11-18(23)21-17-7-6-16(20)10-13(17)2/h6-10H,11H2,1-5H3,(H,21,23). The summed E-state index contributed by atoms with van der Waals surface area (Å²) >= 11 is 5.91. The number of nitrogens with one attached hydrogen (secondary N) is 1. The highest BCUT2D eigenvalue weighted by atomic mass is 35.5. The average Bonchev–Trinajstić information content (AvgIpc) is 2.48. The maximum absolute atomic E-state index is 12.9. The first-order valence-corrected chi connectivity index (χ1v) is 9.94. The van der Waals surface area contributed by atoms with E-state index in [1.165, 1.54) is 7.05 Å². The predicted molar refractivity (Wildman–Crippen MR) is 105 cm³/mol. The van der Waals surface area contributed by atoms with Crippen LogP contribution in [-0.2, 0) is 14.8 Å². The molecular weight excluding hydrogens is 372 g/mol. The molecule has 0 unspecified atom stereocenters. The van der Waals surface area contributed by atoms with Crippen LogP contribution in [0, 0.1) is 27.7 Å². The summed E-state index contributed by atoms with van der Waals surface area (Å²) in [5.41, 5.74) is 3.75. The maximum atomic E-state index is 12.9. The number of carbonyl (C=O) groups excluding carboxylic acids is 1. The highest BCUT2D eigenvalue weighted by molar-refractivity contribution is 7.89. The topological polar surface area (TPSA) is 66.5 Å². The first kappa shape index (κ1) is 20.4. The van der Waals surface area contributed by atoms with Crippen LogP contribution in [0.4, 0.5) is 5.69 Å². The van der Waals surface area contributed by atoms with Gasteiger partial charge in [0.1, 0.15) is 0 Å². The first-order chi connectivity index (χ1) is 12.0. The van der Waals surface area contributed by atoms with Gasteiger partial charge in [0, 0.05) is 17.8 Å². The van der Waals surface area contributed by atoms with E-state index >= 15 is 0 Å². The Hall–Kier alpha value is -1.89. The summed E-state index contributed by atoms with van der Waals surface area (Å²) in [6.07, 6.45) is 0. The van der Waals surface area contributed by atoms with Crippen LogP contribution in [-0.4, -0.2) is 32.2 Å². The van der Waals surface area contributed by atoms with E-state index in [0.29, 0.717) is 21.8 Å². The van der Waals surface area contributed by atoms with Crippen molar-refractivity contribution in [3.63, 3.8) is 0 Å². The lowest BCUT2D eigenvalue weighted by Crippen LogP contribution is -2.35. The van der Waals surface area contributed by atoms with Crippen molar-refractivity contribution in [1.82, 2.24) is 4.31 Å². The molecule has 5 nitrogen and oxygen atoms in total. The van der Waals surface area contributed by atoms with E-state index in [0.717, 1.165) is 15.4 Å². The Balaban J connectivity index is 2.20. The molecule has 0 spiro atoms. The van der Waals surface area contributed by atoms with Crippen LogP contribution in [0.5, 0.6) is 0 Å². The lowest BCUT2D eigenvalue weighted by Gasteiger charge is -2.20. The van der Waals surface area contributed by atoms with Crippen molar-refractivity contribution in [2.24, 2.45) is 0 Å². The zero-order chi connectivity index (χ0) is 19.6. The Kier molecular flexibility index (Phi) is 6.11. The molecule has 2 rings (SSSR count). The average molecular weight is 395 g/mol. The van der Waals surface area contributed by atoms with Gasteiger partial charge in [0.05, 0.1) is 11.4 Å². The predicted octanol–water partition coefficient (Wildman–Crippen LogP) is 3.83. The smallest absolute Gasteiger partial charge is 0.243 e. The Morgan fingerprint density at radius 1 is 1.04 bits per heavy atom. The van der Waals surface area contributed by atoms with E-state index in [1.54, 1.807) is 32.0 Å². The normalized spacial score (nSPS) is 11.7. The van der Waals surface area contributed by atoms with Gasteiger partial charge in [-0.3, -0.25) is 4.79 Å². The Labute approximate surface area is 160 Å². The fourth-order valence-corrected chi connectivity index (χ4v) is 4.73. The van der Waals surface area contributed by atoms with Crippen molar-refractivity contribution >= 4 is 33.2 Å². The number of hydrogen-bond donors (Lipinski definition) is 1. The molecule has 0 saturated heterocycles. The highest BCUT2D eigenvalue weighted by Gasteiger charge is 2.26. The summed E-state index contributed by atoms with van der Waals surface area (Å²) in [5.74, 6) is -0.413. The van der Waals surface area contributed by atoms with Crippen LogP contribution in [0.1, 0.15) is 22.3 Å². The van der Waals surface area contributed by atoms with Crippen molar-refractivity contribution in [2.75, 3.05) is 18.9 Å². The fraction of sp³-hybridized carbons (Fsp3) is 0.316. The third kappa shape index (κ3) is 4.44. The number of likely N-dealkylation sites (N-methyl/N-ethyl adjacent to an activating group) is 1. The van der Waals surface area contributed by atoms with Gasteiger partial charge < -0.3 is 5.32 Å². The number of aryl methyl sites for hydroxylation is 4. The van der Waals surface area contributed by atoms with E-state index in [1.807, 2.05) is 26.0 Å². The summed E-state index contributed by atoms with van der Waals surface area (Å²) in [6.45, 7) is 6.98. The van der Waals surface area contributed by atoms with Crippen LogP contribution in [0.25, 0.3) is 0 Å². The van der Waals surface area contributed by atoms with Gasteiger partial charge in [-0.15, -0.1) is 0 Å². The van der Waals surface area contributed by atoms with E-state index in [-0.39, 0.29) is 11.4 Å². The number of benzene rings is 2. The van der Waals surface area contributed by atoms with Crippen molar-refractivity contribution in [2.45, 2.75) is 32.6 Å². The fourth-order valence-electron chi connectivity index (χ4n) is 2.97. The van der Waals surface area contributed by atoms with Gasteiger partial charge in [-0.2, -0.15) is 4.31 Å². The second-order valence-corrected chi connectivity index (χ2v) is 8.91. The number of anilines is 1. The lowest BCUT2D eigenvalue weighted by molar-refractivity contribution is -0.116. The summed E-state index contributed by atoms with van der Waals surface area (Å²) in [5, 5.41) is 3.30. The molecule has 0 atom stereocenters. The minimum Gasteiger partial charge on any atom is -0.325 e. The van der Waals surface area contributed by atoms with Gasteiger partial charge in [-0.05, 0) is 62.6 Å². The zero-order valence-electron chi connectivity index (χ0n) is 15.6. The SMILES string of the molecule is Cc1cc(C)c(S(=O)(=O)N(C)CC(=O)Nc2ccc(Cl)cc2C)c(C)c1. The molecule has 0 bridgehead atoms. The largest absolute Gasteiger partial charge is 0.325 e. The molecule has 1 amide bonds. The molecule has 0 aliphatic carbocycles. The van der Waals surface area contributed by atoms with Crippen LogP contribution >= 0.6 is 11.6 Å². The van der Waals surface area contributed by atoms with Gasteiger partial charge in [0.2, 0.25) is 15.9 Å². The van der Waals surface area contributed by atoms with Crippen LogP contribution < -0.4 is 5.32 Å². The first-order valence-electron chi connectivity index (χ1n) is 8.12. The summed E-state index contributed by atoms with van der Waals surface area (Å²) < 4.78 is 26.9. The molecule has 0 aliphatic rings. The number of halogens is 1. The van der Waals surface area contributed by atoms with Crippen LogP contribution in [0.3, 0.4) is 0 Å². The van der Waals surface area contributed by atoms with Crippen LogP contribution in [0.2, 0.25) is 5.02 Å². The quantitative estimate of drug-likeness (QED) is 0.837. The van der Waals surface area contributed by atoms with Gasteiger partial charge in [0.25, 0.3) is 0 Å². The van der Waals surface area contributed by atoms with Crippen molar-refractivity contribution < 1.29 is 13.2 Å². The van der Waals surface area contributed by atoms with Gasteiger partial charge in [-0.25, -0.2) is 8.42 Å². The molecule has 0 saturated carbocycles. The zero-order valence-corrected chi connectivity index (χ0v) is 17.1. The lowest BCUT2D eigenvalue weighted by atomic mass is 10.1. The molecule has 2 aromatic rings. The van der Waals surface area contributed by atoms with E-state index in [4.69, 9.17) is 11.6 Å². The Morgan fingerprint density at radius 2 is 1.62 bits per heavy atom. The monoisotopic (exact) mass is 394 g/mol. The van der Waals surface area contributed by atoms with Crippen molar-refractivity contribution in [3.05, 3.63) is 57.6 Å². The molecule has 0 fully saturated rings. The molecule has 0 radical (unpaired) electrons. The molecule has 140 valence electrons. The van der Waals surface area contributed by atoms with Gasteiger partial charge >= 0.3 is 0 Å². The molecule has 26 heavy (non-hydrogen) atoms. The molecule has 0 heterocycles. The molecule has 2 aromatic carbocycles. The maximum Gasteiger partial charge on any atom is 0.243 e. The summed E-state index contributed by atoms with van der Waals surface area (Å²) in [7, 11) is -2.36. The molecular formula is C19H23ClN2O3S. The molecule has 0 aromatic heterocycles. The molecule has 1 N–H and O–H groups in total. The molecule has 7 heteroatoms. The third-order valence-corrected chi connectivity index (χ3v) is 6.45. The number of hydrogen-bond acceptors (Lipinski definition) is 3. The highest BCUT2D eigenvalue weighted by Crippen LogP contribution is 2.25. The van der Waals surface area contributed by atoms with Gasteiger partial charge in [0.15, 0.2) is 0 Å². The number of sulfonamides is 1. The van der Waals surface area contributed by atoms with Gasteiger partial charge in [-0.1, -0.05) is 29.3 Å². The number of rotatable bonds is 5. The summed E-state index contributed by atoms with van der Waals surface area (Å²) in [6, 6.07) is 8.74. The number of carbonyl (C=O) groups is 1. The third-order valence-electron chi connectivity index (χ3n) is 4.10. The number of nitrogens with zero attached hydrogens (tertiary/aromatic N) is 1. The van der Waals surface area contributed by atoms with E-state index < -0.39 is 15.9 Å². The second-order valence-electron chi connectivity index (χ2n) is 6.50. The van der Waals surface area contributed by atoms with E-state index in [2.05, 4.69) is 5.32 Å². The number of amides is 1. The Bertz CT molecular complexity index is 932. The second kappa shape index (κ2) is 7.78. The Morgan fingerprint density at radius 3 is 2.15 bits per heavy atom. The minimum absolute atomic E-state index is 0.251. The van der Waals surface area contributed by atoms with E-state index in [9.17, 15) is 13.2 Å². The van der Waals surface area contributed by atoms with Crippen molar-refractivity contribution in [3.8, 4) is 0 Å². The van der Waals surface area contributed by atoms with Crippen molar-refractivity contribution in [1.29, 1.82) is 0 Å². The minimum atomic E-state index is -3.77. The van der Waals surface area contributed by atoms with Crippen LogP contribution in [0.15, 0.2) is 35.2 Å². The summed E-state index contributed by atoms with van der Waals surface area (Å²) in [4.78, 5) is 12.6. The molecule has 0 aliphatic heterocycles.